The highest BCUT2D eigenvalue weighted by molar-refractivity contribution is 9.10. The fourth-order valence-electron chi connectivity index (χ4n) is 1.58. The zero-order valence-electron chi connectivity index (χ0n) is 9.95. The third kappa shape index (κ3) is 3.35. The van der Waals surface area contributed by atoms with Crippen LogP contribution in [-0.2, 0) is 6.18 Å². The van der Waals surface area contributed by atoms with Crippen LogP contribution < -0.4 is 0 Å². The average molecular weight is 365 g/mol. The van der Waals surface area contributed by atoms with Gasteiger partial charge in [0.25, 0.3) is 0 Å². The van der Waals surface area contributed by atoms with Crippen LogP contribution in [0, 0.1) is 5.82 Å². The Bertz CT molecular complexity index is 699. The smallest absolute Gasteiger partial charge is 0.434 e. The zero-order chi connectivity index (χ0) is 15.8. The molecule has 1 heterocycles. The molecule has 0 saturated carbocycles. The summed E-state index contributed by atoms with van der Waals surface area (Å²) in [6.45, 7) is 0. The largest absolute Gasteiger partial charge is 0.478 e. The van der Waals surface area contributed by atoms with E-state index in [1.165, 1.54) is 6.07 Å². The van der Waals surface area contributed by atoms with Crippen molar-refractivity contribution in [1.82, 2.24) is 9.97 Å². The summed E-state index contributed by atoms with van der Waals surface area (Å²) in [4.78, 5) is 17.5. The van der Waals surface area contributed by atoms with Gasteiger partial charge in [-0.3, -0.25) is 0 Å². The van der Waals surface area contributed by atoms with E-state index in [-0.39, 0.29) is 10.0 Å². The Morgan fingerprint density at radius 3 is 2.43 bits per heavy atom. The molecule has 0 unspecified atom stereocenters. The Morgan fingerprint density at radius 1 is 1.24 bits per heavy atom. The van der Waals surface area contributed by atoms with Crippen molar-refractivity contribution in [2.75, 3.05) is 0 Å². The lowest BCUT2D eigenvalue weighted by atomic mass is 10.1. The highest BCUT2D eigenvalue weighted by Gasteiger charge is 2.38. The van der Waals surface area contributed by atoms with Gasteiger partial charge in [0.05, 0.1) is 0 Å². The molecule has 0 atom stereocenters. The summed E-state index contributed by atoms with van der Waals surface area (Å²) >= 11 is 2.99. The molecular formula is C12H5BrF4N2O2. The lowest BCUT2D eigenvalue weighted by molar-refractivity contribution is -0.141. The van der Waals surface area contributed by atoms with Crippen molar-refractivity contribution < 1.29 is 27.5 Å². The van der Waals surface area contributed by atoms with Gasteiger partial charge < -0.3 is 5.11 Å². The minimum Gasteiger partial charge on any atom is -0.478 e. The summed E-state index contributed by atoms with van der Waals surface area (Å²) in [6, 6.07) is 3.37. The van der Waals surface area contributed by atoms with E-state index < -0.39 is 35.0 Å². The van der Waals surface area contributed by atoms with E-state index in [0.29, 0.717) is 6.20 Å². The van der Waals surface area contributed by atoms with E-state index in [9.17, 15) is 22.4 Å². The molecule has 0 aliphatic rings. The summed E-state index contributed by atoms with van der Waals surface area (Å²) in [5.41, 5.74) is -2.66. The molecule has 0 aliphatic carbocycles. The number of carboxylic acid groups (broad SMARTS) is 1. The van der Waals surface area contributed by atoms with Crippen molar-refractivity contribution in [3.63, 3.8) is 0 Å². The second-order valence-corrected chi connectivity index (χ2v) is 4.83. The molecule has 0 aliphatic heterocycles. The van der Waals surface area contributed by atoms with Gasteiger partial charge in [-0.2, -0.15) is 13.2 Å². The maximum Gasteiger partial charge on any atom is 0.434 e. The van der Waals surface area contributed by atoms with Gasteiger partial charge in [0.1, 0.15) is 11.4 Å². The van der Waals surface area contributed by atoms with E-state index in [1.807, 2.05) is 0 Å². The summed E-state index contributed by atoms with van der Waals surface area (Å²) in [6.07, 6.45) is -4.41. The van der Waals surface area contributed by atoms with Crippen LogP contribution in [0.15, 0.2) is 28.9 Å². The van der Waals surface area contributed by atoms with E-state index in [0.717, 1.165) is 12.1 Å². The molecule has 4 nitrogen and oxygen atoms in total. The van der Waals surface area contributed by atoms with Crippen LogP contribution in [0.5, 0.6) is 0 Å². The highest BCUT2D eigenvalue weighted by atomic mass is 79.9. The quantitative estimate of drug-likeness (QED) is 0.824. The van der Waals surface area contributed by atoms with Crippen LogP contribution in [-0.4, -0.2) is 21.0 Å². The van der Waals surface area contributed by atoms with E-state index in [2.05, 4.69) is 25.9 Å². The van der Waals surface area contributed by atoms with Gasteiger partial charge >= 0.3 is 12.1 Å². The van der Waals surface area contributed by atoms with Gasteiger partial charge in [-0.25, -0.2) is 19.2 Å². The Balaban J connectivity index is 2.64. The Labute approximate surface area is 123 Å². The first-order valence-corrected chi connectivity index (χ1v) is 6.12. The predicted molar refractivity (Wildman–Crippen MR) is 67.1 cm³/mol. The van der Waals surface area contributed by atoms with Crippen LogP contribution >= 0.6 is 15.9 Å². The molecule has 0 amide bonds. The van der Waals surface area contributed by atoms with Crippen molar-refractivity contribution in [1.29, 1.82) is 0 Å². The Kier molecular flexibility index (Phi) is 3.95. The van der Waals surface area contributed by atoms with E-state index in [4.69, 9.17) is 5.11 Å². The monoisotopic (exact) mass is 364 g/mol. The SMILES string of the molecule is O=C(O)c1cnc(-c2cc(F)cc(Br)c2)nc1C(F)(F)F. The first kappa shape index (κ1) is 15.4. The molecule has 1 N–H and O–H groups in total. The standard InChI is InChI=1S/C12H5BrF4N2O2/c13-6-1-5(2-7(14)3-6)10-18-4-8(11(20)21)9(19-10)12(15,16)17/h1-4H,(H,20,21). The third-order valence-corrected chi connectivity index (χ3v) is 2.87. The van der Waals surface area contributed by atoms with Gasteiger partial charge in [-0.15, -0.1) is 0 Å². The summed E-state index contributed by atoms with van der Waals surface area (Å²) in [5.74, 6) is -2.92. The number of carboxylic acids is 1. The van der Waals surface area contributed by atoms with Gasteiger partial charge in [0.2, 0.25) is 0 Å². The van der Waals surface area contributed by atoms with Crippen molar-refractivity contribution in [3.05, 3.63) is 45.9 Å². The number of hydrogen-bond donors (Lipinski definition) is 1. The highest BCUT2D eigenvalue weighted by Crippen LogP contribution is 2.32. The molecule has 110 valence electrons. The maximum atomic E-state index is 13.3. The van der Waals surface area contributed by atoms with E-state index in [1.54, 1.807) is 0 Å². The number of hydrogen-bond acceptors (Lipinski definition) is 3. The fourth-order valence-corrected chi connectivity index (χ4v) is 2.04. The number of nitrogens with zero attached hydrogens (tertiary/aromatic N) is 2. The lowest BCUT2D eigenvalue weighted by Crippen LogP contribution is -2.16. The number of aromatic nitrogens is 2. The molecule has 2 rings (SSSR count). The van der Waals surface area contributed by atoms with Crippen LogP contribution in [0.1, 0.15) is 16.1 Å². The van der Waals surface area contributed by atoms with Crippen molar-refractivity contribution in [2.45, 2.75) is 6.18 Å². The molecule has 0 bridgehead atoms. The van der Waals surface area contributed by atoms with Gasteiger partial charge in [0.15, 0.2) is 11.5 Å². The summed E-state index contributed by atoms with van der Waals surface area (Å²) in [5, 5.41) is 8.73. The molecule has 0 saturated heterocycles. The molecular weight excluding hydrogens is 360 g/mol. The topological polar surface area (TPSA) is 63.1 Å². The summed E-state index contributed by atoms with van der Waals surface area (Å²) < 4.78 is 52.0. The number of rotatable bonds is 2. The Morgan fingerprint density at radius 2 is 1.90 bits per heavy atom. The molecule has 2 aromatic rings. The van der Waals surface area contributed by atoms with Crippen LogP contribution in [0.2, 0.25) is 0 Å². The minimum absolute atomic E-state index is 0.00989. The molecule has 1 aromatic heterocycles. The normalized spacial score (nSPS) is 11.5. The van der Waals surface area contributed by atoms with Crippen molar-refractivity contribution >= 4 is 21.9 Å². The number of aromatic carboxylic acids is 1. The van der Waals surface area contributed by atoms with E-state index >= 15 is 0 Å². The molecule has 0 spiro atoms. The second kappa shape index (κ2) is 5.40. The second-order valence-electron chi connectivity index (χ2n) is 3.92. The predicted octanol–water partition coefficient (Wildman–Crippen LogP) is 3.76. The molecule has 9 heteroatoms. The lowest BCUT2D eigenvalue weighted by Gasteiger charge is -2.10. The summed E-state index contributed by atoms with van der Waals surface area (Å²) in [7, 11) is 0. The van der Waals surface area contributed by atoms with Crippen molar-refractivity contribution in [3.8, 4) is 11.4 Å². The van der Waals surface area contributed by atoms with Crippen LogP contribution in [0.4, 0.5) is 17.6 Å². The van der Waals surface area contributed by atoms with Gasteiger partial charge in [0, 0.05) is 16.2 Å². The van der Waals surface area contributed by atoms with Crippen molar-refractivity contribution in [2.24, 2.45) is 0 Å². The van der Waals surface area contributed by atoms with Gasteiger partial charge in [-0.05, 0) is 18.2 Å². The molecule has 0 fully saturated rings. The third-order valence-electron chi connectivity index (χ3n) is 2.41. The molecule has 1 aromatic carbocycles. The number of alkyl halides is 3. The first-order chi connectivity index (χ1) is 9.68. The average Bonchev–Trinajstić information content (AvgIpc) is 2.35. The molecule has 0 radical (unpaired) electrons. The fraction of sp³-hybridized carbons (Fsp3) is 0.0833. The Hall–Kier alpha value is -2.03. The maximum absolute atomic E-state index is 13.3. The minimum atomic E-state index is -4.96. The van der Waals surface area contributed by atoms with Crippen LogP contribution in [0.25, 0.3) is 11.4 Å². The van der Waals surface area contributed by atoms with Crippen LogP contribution in [0.3, 0.4) is 0 Å². The van der Waals surface area contributed by atoms with Gasteiger partial charge in [-0.1, -0.05) is 15.9 Å². The molecule has 21 heavy (non-hydrogen) atoms. The zero-order valence-corrected chi connectivity index (χ0v) is 11.5. The number of halogens is 5. The first-order valence-electron chi connectivity index (χ1n) is 5.32. The number of carbonyl (C=O) groups is 1. The number of benzene rings is 1.